The first kappa shape index (κ1) is 16.4. The molecule has 7 nitrogen and oxygen atoms in total. The summed E-state index contributed by atoms with van der Waals surface area (Å²) in [6.07, 6.45) is 3.11. The summed E-state index contributed by atoms with van der Waals surface area (Å²) >= 11 is 5.41. The number of allylic oxidation sites excluding steroid dienone is 1. The summed E-state index contributed by atoms with van der Waals surface area (Å²) in [4.78, 5) is 9.74. The molecule has 0 heterocycles. The van der Waals surface area contributed by atoms with Gasteiger partial charge in [-0.05, 0) is 6.07 Å². The van der Waals surface area contributed by atoms with Crippen LogP contribution in [0.25, 0.3) is 0 Å². The molecule has 9 heteroatoms. The fourth-order valence-electron chi connectivity index (χ4n) is 1.37. The van der Waals surface area contributed by atoms with Crippen molar-refractivity contribution in [2.45, 2.75) is 4.90 Å². The lowest BCUT2D eigenvalue weighted by Gasteiger charge is -2.09. The number of nitrogens with zero attached hydrogens (tertiary/aromatic N) is 1. The van der Waals surface area contributed by atoms with Gasteiger partial charge in [0.2, 0.25) is 10.0 Å². The van der Waals surface area contributed by atoms with Crippen LogP contribution in [-0.2, 0) is 10.0 Å². The summed E-state index contributed by atoms with van der Waals surface area (Å²) in [5, 5.41) is 10.7. The molecule has 0 fully saturated rings. The van der Waals surface area contributed by atoms with Crippen LogP contribution in [0.1, 0.15) is 0 Å². The van der Waals surface area contributed by atoms with E-state index >= 15 is 0 Å². The van der Waals surface area contributed by atoms with E-state index in [1.165, 1.54) is 25.3 Å². The van der Waals surface area contributed by atoms with Crippen molar-refractivity contribution >= 4 is 27.3 Å². The van der Waals surface area contributed by atoms with Crippen molar-refractivity contribution in [3.63, 3.8) is 0 Å². The minimum atomic E-state index is -3.91. The molecule has 1 aromatic carbocycles. The molecule has 0 aliphatic rings. The van der Waals surface area contributed by atoms with Crippen molar-refractivity contribution in [2.75, 3.05) is 19.5 Å². The fraction of sp³-hybridized carbons (Fsp3) is 0.273. The first-order valence-corrected chi connectivity index (χ1v) is 7.47. The predicted molar refractivity (Wildman–Crippen MR) is 74.7 cm³/mol. The van der Waals surface area contributed by atoms with E-state index in [0.29, 0.717) is 0 Å². The second kappa shape index (κ2) is 7.22. The lowest BCUT2D eigenvalue weighted by atomic mass is 10.3. The summed E-state index contributed by atoms with van der Waals surface area (Å²) in [7, 11) is -2.63. The second-order valence-corrected chi connectivity index (χ2v) is 5.61. The van der Waals surface area contributed by atoms with Gasteiger partial charge in [0, 0.05) is 24.6 Å². The van der Waals surface area contributed by atoms with E-state index in [-0.39, 0.29) is 28.8 Å². The van der Waals surface area contributed by atoms with Crippen molar-refractivity contribution in [3.8, 4) is 5.75 Å². The van der Waals surface area contributed by atoms with Crippen LogP contribution in [0.2, 0.25) is 0 Å². The average Bonchev–Trinajstić information content (AvgIpc) is 2.42. The number of alkyl halides is 1. The number of hydrogen-bond acceptors (Lipinski definition) is 5. The van der Waals surface area contributed by atoms with Crippen molar-refractivity contribution in [2.24, 2.45) is 0 Å². The number of nitro benzene ring substituents is 1. The Morgan fingerprint density at radius 3 is 2.70 bits per heavy atom. The van der Waals surface area contributed by atoms with Gasteiger partial charge in [0.05, 0.1) is 12.0 Å². The number of benzene rings is 1. The van der Waals surface area contributed by atoms with Crippen molar-refractivity contribution in [1.29, 1.82) is 0 Å². The minimum absolute atomic E-state index is 0.0287. The Morgan fingerprint density at radius 2 is 2.15 bits per heavy atom. The Labute approximate surface area is 121 Å². The molecule has 1 N–H and O–H groups in total. The highest BCUT2D eigenvalue weighted by molar-refractivity contribution is 7.89. The monoisotopic (exact) mass is 320 g/mol. The van der Waals surface area contributed by atoms with Crippen LogP contribution in [0, 0.1) is 10.1 Å². The Balaban J connectivity index is 3.11. The quantitative estimate of drug-likeness (QED) is 0.356. The molecule has 0 unspecified atom stereocenters. The van der Waals surface area contributed by atoms with Crippen molar-refractivity contribution in [3.05, 3.63) is 40.5 Å². The molecule has 0 spiro atoms. The number of halogens is 1. The zero-order valence-corrected chi connectivity index (χ0v) is 12.1. The maximum Gasteiger partial charge on any atom is 0.271 e. The average molecular weight is 321 g/mol. The Bertz CT molecular complexity index is 615. The molecule has 0 aliphatic heterocycles. The Kier molecular flexibility index (Phi) is 5.93. The molecule has 0 atom stereocenters. The molecule has 0 radical (unpaired) electrons. The highest BCUT2D eigenvalue weighted by Crippen LogP contribution is 2.27. The zero-order chi connectivity index (χ0) is 15.2. The smallest absolute Gasteiger partial charge is 0.271 e. The number of ether oxygens (including phenoxy) is 1. The summed E-state index contributed by atoms with van der Waals surface area (Å²) in [6.45, 7) is 0.0287. The van der Waals surface area contributed by atoms with Crippen LogP contribution in [0.15, 0.2) is 35.2 Å². The fourth-order valence-corrected chi connectivity index (χ4v) is 2.66. The van der Waals surface area contributed by atoms with Crippen LogP contribution in [0.3, 0.4) is 0 Å². The molecule has 0 aromatic heterocycles. The number of sulfonamides is 1. The van der Waals surface area contributed by atoms with Gasteiger partial charge in [-0.3, -0.25) is 10.1 Å². The maximum absolute atomic E-state index is 12.1. The van der Waals surface area contributed by atoms with Crippen LogP contribution in [0.4, 0.5) is 5.69 Å². The van der Waals surface area contributed by atoms with E-state index in [1.807, 2.05) is 0 Å². The molecule has 0 aliphatic carbocycles. The molecule has 0 bridgehead atoms. The molecule has 20 heavy (non-hydrogen) atoms. The molecule has 0 amide bonds. The summed E-state index contributed by atoms with van der Waals surface area (Å²) in [6, 6.07) is 3.36. The third kappa shape index (κ3) is 4.19. The van der Waals surface area contributed by atoms with Crippen LogP contribution in [0.5, 0.6) is 5.75 Å². The molecule has 110 valence electrons. The van der Waals surface area contributed by atoms with Gasteiger partial charge in [-0.1, -0.05) is 12.2 Å². The standard InChI is InChI=1S/C11H13ClN2O5S/c1-19-10-5-4-9(14(15)16)8-11(10)20(17,18)13-7-3-2-6-12/h2-5,8,13H,6-7H2,1H3/b3-2+. The lowest BCUT2D eigenvalue weighted by Crippen LogP contribution is -2.24. The van der Waals surface area contributed by atoms with E-state index in [2.05, 4.69) is 4.72 Å². The number of methoxy groups -OCH3 is 1. The van der Waals surface area contributed by atoms with E-state index in [4.69, 9.17) is 16.3 Å². The largest absolute Gasteiger partial charge is 0.495 e. The van der Waals surface area contributed by atoms with Gasteiger partial charge >= 0.3 is 0 Å². The third-order valence-electron chi connectivity index (χ3n) is 2.29. The van der Waals surface area contributed by atoms with Crippen LogP contribution < -0.4 is 9.46 Å². The van der Waals surface area contributed by atoms with Crippen LogP contribution >= 0.6 is 11.6 Å². The van der Waals surface area contributed by atoms with Gasteiger partial charge in [0.25, 0.3) is 5.69 Å². The van der Waals surface area contributed by atoms with Gasteiger partial charge in [-0.2, -0.15) is 0 Å². The molecular weight excluding hydrogens is 308 g/mol. The molecule has 1 rings (SSSR count). The second-order valence-electron chi connectivity index (χ2n) is 3.57. The van der Waals surface area contributed by atoms with E-state index in [0.717, 1.165) is 6.07 Å². The summed E-state index contributed by atoms with van der Waals surface area (Å²) in [5.41, 5.74) is -0.331. The molecule has 1 aromatic rings. The number of nitro groups is 1. The van der Waals surface area contributed by atoms with Gasteiger partial charge in [0.1, 0.15) is 10.6 Å². The Hall–Kier alpha value is -1.64. The third-order valence-corrected chi connectivity index (χ3v) is 3.92. The predicted octanol–water partition coefficient (Wildman–Crippen LogP) is 1.68. The molecule has 0 saturated carbocycles. The molecular formula is C11H13ClN2O5S. The SMILES string of the molecule is COc1ccc([N+](=O)[O-])cc1S(=O)(=O)NC/C=C/CCl. The first-order valence-electron chi connectivity index (χ1n) is 5.45. The van der Waals surface area contributed by atoms with Gasteiger partial charge in [-0.15, -0.1) is 11.6 Å². The summed E-state index contributed by atoms with van der Waals surface area (Å²) in [5.74, 6) is 0.298. The van der Waals surface area contributed by atoms with Crippen molar-refractivity contribution in [1.82, 2.24) is 4.72 Å². The highest BCUT2D eigenvalue weighted by Gasteiger charge is 2.22. The topological polar surface area (TPSA) is 98.5 Å². The van der Waals surface area contributed by atoms with Gasteiger partial charge in [0.15, 0.2) is 0 Å². The minimum Gasteiger partial charge on any atom is -0.495 e. The summed E-state index contributed by atoms with van der Waals surface area (Å²) < 4.78 is 31.3. The van der Waals surface area contributed by atoms with Crippen molar-refractivity contribution < 1.29 is 18.1 Å². The van der Waals surface area contributed by atoms with Gasteiger partial charge < -0.3 is 4.74 Å². The number of rotatable bonds is 7. The van der Waals surface area contributed by atoms with Crippen LogP contribution in [-0.4, -0.2) is 32.9 Å². The number of nitrogens with one attached hydrogen (secondary N) is 1. The zero-order valence-electron chi connectivity index (χ0n) is 10.6. The van der Waals surface area contributed by atoms with E-state index < -0.39 is 14.9 Å². The lowest BCUT2D eigenvalue weighted by molar-refractivity contribution is -0.385. The van der Waals surface area contributed by atoms with E-state index in [9.17, 15) is 18.5 Å². The normalized spacial score (nSPS) is 11.7. The highest BCUT2D eigenvalue weighted by atomic mass is 35.5. The molecule has 0 saturated heterocycles. The Morgan fingerprint density at radius 1 is 1.45 bits per heavy atom. The first-order chi connectivity index (χ1) is 9.42. The van der Waals surface area contributed by atoms with E-state index in [1.54, 1.807) is 6.08 Å². The number of hydrogen-bond donors (Lipinski definition) is 1. The van der Waals surface area contributed by atoms with Gasteiger partial charge in [-0.25, -0.2) is 13.1 Å². The number of non-ortho nitro benzene ring substituents is 1. The maximum atomic E-state index is 12.1.